The predicted octanol–water partition coefficient (Wildman–Crippen LogP) is 3.66. The zero-order chi connectivity index (χ0) is 23.7. The number of allylic oxidation sites excluding steroid dienone is 2. The molecule has 0 radical (unpaired) electrons. The Kier molecular flexibility index (Phi) is 4.66. The Hall–Kier alpha value is -3.48. The molecule has 7 nitrogen and oxygen atoms in total. The number of benzene rings is 1. The molecule has 0 spiro atoms. The molecule has 2 aromatic rings. The summed E-state index contributed by atoms with van der Waals surface area (Å²) in [5, 5.41) is 5.50. The van der Waals surface area contributed by atoms with E-state index >= 15 is 0 Å². The van der Waals surface area contributed by atoms with Gasteiger partial charge in [-0.1, -0.05) is 18.2 Å². The van der Waals surface area contributed by atoms with Crippen LogP contribution in [0.2, 0.25) is 0 Å². The monoisotopic (exact) mass is 457 g/mol. The van der Waals surface area contributed by atoms with Crippen molar-refractivity contribution in [3.8, 4) is 5.69 Å². The van der Waals surface area contributed by atoms with Gasteiger partial charge in [0.25, 0.3) is 11.8 Å². The molecular formula is C27H27N3O4. The first-order valence-electron chi connectivity index (χ1n) is 12.0. The maximum Gasteiger partial charge on any atom is 0.338 e. The minimum atomic E-state index is -0.359. The zero-order valence-corrected chi connectivity index (χ0v) is 19.5. The van der Waals surface area contributed by atoms with Crippen molar-refractivity contribution in [2.24, 2.45) is 40.6 Å². The molecule has 2 bridgehead atoms. The number of rotatable bonds is 5. The van der Waals surface area contributed by atoms with Crippen molar-refractivity contribution < 1.29 is 19.1 Å². The number of amides is 2. The summed E-state index contributed by atoms with van der Waals surface area (Å²) in [7, 11) is 0. The molecule has 1 aromatic heterocycles. The lowest BCUT2D eigenvalue weighted by atomic mass is 9.63. The van der Waals surface area contributed by atoms with Crippen molar-refractivity contribution in [3.05, 3.63) is 65.0 Å². The van der Waals surface area contributed by atoms with Crippen LogP contribution in [0.3, 0.4) is 0 Å². The Morgan fingerprint density at radius 2 is 1.76 bits per heavy atom. The number of ether oxygens (including phenoxy) is 1. The van der Waals surface area contributed by atoms with Crippen molar-refractivity contribution in [1.82, 2.24) is 9.58 Å². The number of aromatic nitrogens is 1. The van der Waals surface area contributed by atoms with E-state index in [4.69, 9.17) is 4.74 Å². The molecular weight excluding hydrogens is 430 g/mol. The Labute approximate surface area is 198 Å². The first kappa shape index (κ1) is 21.1. The van der Waals surface area contributed by atoms with Gasteiger partial charge in [0.2, 0.25) is 0 Å². The fraction of sp³-hybridized carbons (Fsp3) is 0.407. The van der Waals surface area contributed by atoms with Gasteiger partial charge < -0.3 is 9.30 Å². The maximum atomic E-state index is 13.2. The first-order chi connectivity index (χ1) is 16.4. The van der Waals surface area contributed by atoms with Crippen LogP contribution in [-0.2, 0) is 14.3 Å². The summed E-state index contributed by atoms with van der Waals surface area (Å²) in [5.41, 5.74) is 4.00. The van der Waals surface area contributed by atoms with Crippen LogP contribution in [0.15, 0.2) is 47.6 Å². The number of hydrazone groups is 1. The van der Waals surface area contributed by atoms with Gasteiger partial charge in [0.05, 0.1) is 30.2 Å². The summed E-state index contributed by atoms with van der Waals surface area (Å²) in [6.45, 7) is 6.02. The number of hydrogen-bond acceptors (Lipinski definition) is 5. The van der Waals surface area contributed by atoms with E-state index < -0.39 is 0 Å². The largest absolute Gasteiger partial charge is 0.462 e. The minimum Gasteiger partial charge on any atom is -0.462 e. The third-order valence-corrected chi connectivity index (χ3v) is 8.04. The molecule has 3 fully saturated rings. The van der Waals surface area contributed by atoms with Crippen LogP contribution in [0.4, 0.5) is 0 Å². The molecule has 34 heavy (non-hydrogen) atoms. The number of esters is 1. The van der Waals surface area contributed by atoms with Crippen molar-refractivity contribution >= 4 is 24.0 Å². The van der Waals surface area contributed by atoms with Gasteiger partial charge in [0.15, 0.2) is 0 Å². The van der Waals surface area contributed by atoms with Gasteiger partial charge in [-0.05, 0) is 75.1 Å². The standard InChI is InChI=1S/C27H27N3O4/c1-4-34-27(33)16-6-5-7-18(11-16)29-14(2)10-17(15(29)3)13-28-30-25(31)23-19-8-9-20(22-12-21(19)22)24(23)26(30)32/h5-11,13,19-24H,4,12H2,1-3H3/b28-13-/t19-,20-,21-,22+,23-,24+/m0/s1. The van der Waals surface area contributed by atoms with Crippen LogP contribution in [0.5, 0.6) is 0 Å². The lowest BCUT2D eigenvalue weighted by Gasteiger charge is -2.37. The Balaban J connectivity index is 1.27. The van der Waals surface area contributed by atoms with Crippen molar-refractivity contribution in [3.63, 3.8) is 0 Å². The second kappa shape index (κ2) is 7.52. The quantitative estimate of drug-likeness (QED) is 0.297. The van der Waals surface area contributed by atoms with Crippen LogP contribution in [-0.4, -0.2) is 40.2 Å². The van der Waals surface area contributed by atoms with Crippen molar-refractivity contribution in [1.29, 1.82) is 0 Å². The maximum absolute atomic E-state index is 13.2. The average molecular weight is 458 g/mol. The zero-order valence-electron chi connectivity index (χ0n) is 19.5. The summed E-state index contributed by atoms with van der Waals surface area (Å²) in [5.74, 6) is 0.341. The predicted molar refractivity (Wildman–Crippen MR) is 125 cm³/mol. The third kappa shape index (κ3) is 2.95. The molecule has 2 heterocycles. The molecule has 2 saturated carbocycles. The van der Waals surface area contributed by atoms with Crippen LogP contribution >= 0.6 is 0 Å². The highest BCUT2D eigenvalue weighted by Gasteiger charge is 2.67. The Morgan fingerprint density at radius 1 is 1.09 bits per heavy atom. The van der Waals surface area contributed by atoms with E-state index in [1.165, 1.54) is 0 Å². The number of carbonyl (C=O) groups excluding carboxylic acids is 3. The Morgan fingerprint density at radius 3 is 2.41 bits per heavy atom. The highest BCUT2D eigenvalue weighted by molar-refractivity contribution is 6.06. The van der Waals surface area contributed by atoms with Gasteiger partial charge in [0.1, 0.15) is 0 Å². The molecule has 1 saturated heterocycles. The van der Waals surface area contributed by atoms with Gasteiger partial charge in [-0.15, -0.1) is 0 Å². The fourth-order valence-electron chi connectivity index (χ4n) is 6.48. The molecule has 1 aromatic carbocycles. The normalized spacial score (nSPS) is 30.7. The molecule has 1 aliphatic heterocycles. The topological polar surface area (TPSA) is 81.0 Å². The van der Waals surface area contributed by atoms with Crippen LogP contribution < -0.4 is 0 Å². The Bertz CT molecular complexity index is 1250. The lowest BCUT2D eigenvalue weighted by Crippen LogP contribution is -2.40. The van der Waals surface area contributed by atoms with Crippen LogP contribution in [0.25, 0.3) is 5.69 Å². The van der Waals surface area contributed by atoms with E-state index in [0.717, 1.165) is 34.1 Å². The van der Waals surface area contributed by atoms with Crippen LogP contribution in [0.1, 0.15) is 40.7 Å². The first-order valence-corrected chi connectivity index (χ1v) is 12.0. The lowest BCUT2D eigenvalue weighted by molar-refractivity contribution is -0.140. The van der Waals surface area contributed by atoms with E-state index in [1.54, 1.807) is 25.3 Å². The average Bonchev–Trinajstić information content (AvgIpc) is 3.56. The number of carbonyl (C=O) groups is 3. The van der Waals surface area contributed by atoms with Gasteiger partial charge in [-0.25, -0.2) is 4.79 Å². The molecule has 7 rings (SSSR count). The molecule has 174 valence electrons. The van der Waals surface area contributed by atoms with Gasteiger partial charge >= 0.3 is 5.97 Å². The molecule has 7 heteroatoms. The molecule has 0 N–H and O–H groups in total. The molecule has 0 unspecified atom stereocenters. The summed E-state index contributed by atoms with van der Waals surface area (Å²) < 4.78 is 7.15. The number of imide groups is 1. The van der Waals surface area contributed by atoms with Crippen LogP contribution in [0, 0.1) is 49.4 Å². The molecule has 6 atom stereocenters. The highest BCUT2D eigenvalue weighted by Crippen LogP contribution is 2.65. The highest BCUT2D eigenvalue weighted by atomic mass is 16.5. The van der Waals surface area contributed by atoms with E-state index in [2.05, 4.69) is 17.3 Å². The number of hydrogen-bond donors (Lipinski definition) is 0. The summed E-state index contributed by atoms with van der Waals surface area (Å²) in [6.07, 6.45) is 7.08. The number of aryl methyl sites for hydroxylation is 1. The van der Waals surface area contributed by atoms with E-state index in [-0.39, 0.29) is 41.5 Å². The third-order valence-electron chi connectivity index (χ3n) is 8.04. The SMILES string of the molecule is CCOC(=O)c1cccc(-n2c(C)cc(/C=N\N3C(=O)[C@@H]4[C@H]5C=C[C@@H]([C@@H]6C[C@H]56)[C@@H]4C3=O)c2C)c1. The van der Waals surface area contributed by atoms with E-state index in [9.17, 15) is 14.4 Å². The fourth-order valence-corrected chi connectivity index (χ4v) is 6.48. The summed E-state index contributed by atoms with van der Waals surface area (Å²) >= 11 is 0. The van der Waals surface area contributed by atoms with Crippen molar-refractivity contribution in [2.45, 2.75) is 27.2 Å². The van der Waals surface area contributed by atoms with Gasteiger partial charge in [-0.3, -0.25) is 9.59 Å². The smallest absolute Gasteiger partial charge is 0.338 e. The second-order valence-electron chi connectivity index (χ2n) is 9.82. The molecule has 5 aliphatic rings. The van der Waals surface area contributed by atoms with Gasteiger partial charge in [-0.2, -0.15) is 10.1 Å². The molecule has 2 amide bonds. The summed E-state index contributed by atoms with van der Waals surface area (Å²) in [4.78, 5) is 38.5. The second-order valence-corrected chi connectivity index (χ2v) is 9.82. The van der Waals surface area contributed by atoms with Crippen molar-refractivity contribution in [2.75, 3.05) is 6.61 Å². The van der Waals surface area contributed by atoms with Gasteiger partial charge in [0, 0.05) is 22.6 Å². The van der Waals surface area contributed by atoms with E-state index in [1.807, 2.05) is 36.6 Å². The minimum absolute atomic E-state index is 0.160. The van der Waals surface area contributed by atoms with E-state index in [0.29, 0.717) is 24.0 Å². The number of nitrogens with zero attached hydrogens (tertiary/aromatic N) is 3. The summed E-state index contributed by atoms with van der Waals surface area (Å²) in [6, 6.07) is 9.24. The molecule has 4 aliphatic carbocycles.